The molecule has 0 aromatic heterocycles. The van der Waals surface area contributed by atoms with Crippen LogP contribution in [-0.4, -0.2) is 19.0 Å². The van der Waals surface area contributed by atoms with Crippen LogP contribution in [0.15, 0.2) is 0 Å². The van der Waals surface area contributed by atoms with Crippen LogP contribution in [0.4, 0.5) is 8.78 Å². The normalized spacial score (nSPS) is 19.2. The first kappa shape index (κ1) is 8.43. The number of hydrogen-bond acceptors (Lipinski definition) is 2. The number of halogens is 2. The molecule has 0 atom stereocenters. The highest BCUT2D eigenvalue weighted by molar-refractivity contribution is 5.77. The molecule has 1 saturated carbocycles. The second-order valence-corrected chi connectivity index (χ2v) is 2.74. The molecule has 0 aliphatic heterocycles. The van der Waals surface area contributed by atoms with E-state index in [0.29, 0.717) is 12.8 Å². The van der Waals surface area contributed by atoms with Crippen molar-refractivity contribution < 1.29 is 18.3 Å². The van der Waals surface area contributed by atoms with Crippen molar-refractivity contribution in [1.82, 2.24) is 0 Å². The van der Waals surface area contributed by atoms with Crippen LogP contribution < -0.4 is 0 Å². The molecule has 64 valence electrons. The smallest absolute Gasteiger partial charge is 0.377 e. The standard InChI is InChI=1S/C7H10F2O2/c1-11-6(10)7(8,9)5-3-2-4-5/h5H,2-4H2,1H3. The Bertz CT molecular complexity index is 164. The van der Waals surface area contributed by atoms with Crippen LogP contribution in [0.2, 0.25) is 0 Å². The Morgan fingerprint density at radius 1 is 1.55 bits per heavy atom. The third-order valence-corrected chi connectivity index (χ3v) is 2.08. The van der Waals surface area contributed by atoms with Gasteiger partial charge < -0.3 is 4.74 Å². The van der Waals surface area contributed by atoms with Crippen LogP contribution in [0.5, 0.6) is 0 Å². The van der Waals surface area contributed by atoms with Crippen molar-refractivity contribution in [2.24, 2.45) is 5.92 Å². The van der Waals surface area contributed by atoms with Crippen LogP contribution in [0.1, 0.15) is 19.3 Å². The number of methoxy groups -OCH3 is 1. The van der Waals surface area contributed by atoms with Gasteiger partial charge in [-0.1, -0.05) is 6.42 Å². The lowest BCUT2D eigenvalue weighted by molar-refractivity contribution is -0.182. The van der Waals surface area contributed by atoms with Crippen molar-refractivity contribution in [3.05, 3.63) is 0 Å². The molecule has 0 aromatic carbocycles. The van der Waals surface area contributed by atoms with Crippen LogP contribution in [0, 0.1) is 5.92 Å². The van der Waals surface area contributed by atoms with Gasteiger partial charge >= 0.3 is 11.9 Å². The third-order valence-electron chi connectivity index (χ3n) is 2.08. The summed E-state index contributed by atoms with van der Waals surface area (Å²) in [6.45, 7) is 0. The minimum Gasteiger partial charge on any atom is -0.465 e. The number of carbonyl (C=O) groups is 1. The first-order valence-electron chi connectivity index (χ1n) is 3.55. The topological polar surface area (TPSA) is 26.3 Å². The lowest BCUT2D eigenvalue weighted by Gasteiger charge is -2.30. The fourth-order valence-electron chi connectivity index (χ4n) is 1.07. The van der Waals surface area contributed by atoms with Crippen molar-refractivity contribution >= 4 is 5.97 Å². The van der Waals surface area contributed by atoms with Crippen molar-refractivity contribution in [1.29, 1.82) is 0 Å². The summed E-state index contributed by atoms with van der Waals surface area (Å²) in [4.78, 5) is 10.5. The molecule has 1 aliphatic rings. The second kappa shape index (κ2) is 2.75. The van der Waals surface area contributed by atoms with E-state index in [0.717, 1.165) is 13.5 Å². The quantitative estimate of drug-likeness (QED) is 0.579. The lowest BCUT2D eigenvalue weighted by Crippen LogP contribution is -2.41. The summed E-state index contributed by atoms with van der Waals surface area (Å²) in [6, 6.07) is 0. The molecule has 0 saturated heterocycles. The Morgan fingerprint density at radius 3 is 2.36 bits per heavy atom. The minimum atomic E-state index is -3.26. The van der Waals surface area contributed by atoms with Gasteiger partial charge in [0.15, 0.2) is 0 Å². The van der Waals surface area contributed by atoms with E-state index < -0.39 is 17.8 Å². The van der Waals surface area contributed by atoms with Crippen molar-refractivity contribution in [2.45, 2.75) is 25.2 Å². The predicted octanol–water partition coefficient (Wildman–Crippen LogP) is 1.59. The first-order chi connectivity index (χ1) is 5.09. The molecule has 1 aliphatic carbocycles. The zero-order valence-corrected chi connectivity index (χ0v) is 6.27. The summed E-state index contributed by atoms with van der Waals surface area (Å²) < 4.78 is 29.6. The Morgan fingerprint density at radius 2 is 2.09 bits per heavy atom. The largest absolute Gasteiger partial charge is 0.465 e. The maximum atomic E-state index is 12.8. The molecule has 0 N–H and O–H groups in total. The Kier molecular flexibility index (Phi) is 2.11. The van der Waals surface area contributed by atoms with Crippen LogP contribution >= 0.6 is 0 Å². The monoisotopic (exact) mass is 164 g/mol. The first-order valence-corrected chi connectivity index (χ1v) is 3.55. The minimum absolute atomic E-state index is 0.433. The molecule has 0 amide bonds. The molecule has 1 rings (SSSR count). The Hall–Kier alpha value is -0.670. The van der Waals surface area contributed by atoms with Gasteiger partial charge in [0.1, 0.15) is 0 Å². The predicted molar refractivity (Wildman–Crippen MR) is 34.3 cm³/mol. The molecule has 0 aromatic rings. The van der Waals surface area contributed by atoms with Gasteiger partial charge in [0, 0.05) is 5.92 Å². The van der Waals surface area contributed by atoms with Gasteiger partial charge in [0.25, 0.3) is 0 Å². The molecule has 11 heavy (non-hydrogen) atoms. The SMILES string of the molecule is COC(=O)C(F)(F)C1CCC1. The van der Waals surface area contributed by atoms with E-state index in [-0.39, 0.29) is 0 Å². The number of esters is 1. The summed E-state index contributed by atoms with van der Waals surface area (Å²) in [5.41, 5.74) is 0. The summed E-state index contributed by atoms with van der Waals surface area (Å²) in [5.74, 6) is -5.44. The average molecular weight is 164 g/mol. The van der Waals surface area contributed by atoms with Gasteiger partial charge in [0.05, 0.1) is 7.11 Å². The average Bonchev–Trinajstić information content (AvgIpc) is 1.81. The molecule has 0 bridgehead atoms. The number of hydrogen-bond donors (Lipinski definition) is 0. The van der Waals surface area contributed by atoms with Crippen LogP contribution in [-0.2, 0) is 9.53 Å². The molecule has 0 heterocycles. The number of carbonyl (C=O) groups excluding carboxylic acids is 1. The number of rotatable bonds is 2. The van der Waals surface area contributed by atoms with Gasteiger partial charge in [0.2, 0.25) is 0 Å². The van der Waals surface area contributed by atoms with Crippen molar-refractivity contribution in [3.8, 4) is 0 Å². The number of ether oxygens (including phenoxy) is 1. The Labute approximate surface area is 63.5 Å². The molecular weight excluding hydrogens is 154 g/mol. The fourth-order valence-corrected chi connectivity index (χ4v) is 1.07. The third kappa shape index (κ3) is 1.34. The van der Waals surface area contributed by atoms with Gasteiger partial charge in [-0.2, -0.15) is 8.78 Å². The molecule has 0 unspecified atom stereocenters. The van der Waals surface area contributed by atoms with Crippen LogP contribution in [0.3, 0.4) is 0 Å². The van der Waals surface area contributed by atoms with E-state index in [1.807, 2.05) is 0 Å². The van der Waals surface area contributed by atoms with Gasteiger partial charge in [-0.25, -0.2) is 4.79 Å². The van der Waals surface area contributed by atoms with E-state index in [1.165, 1.54) is 0 Å². The molecular formula is C7H10F2O2. The van der Waals surface area contributed by atoms with E-state index in [2.05, 4.69) is 4.74 Å². The zero-order chi connectivity index (χ0) is 8.48. The second-order valence-electron chi connectivity index (χ2n) is 2.74. The summed E-state index contributed by atoms with van der Waals surface area (Å²) in [7, 11) is 0.981. The lowest BCUT2D eigenvalue weighted by atomic mass is 9.80. The van der Waals surface area contributed by atoms with Gasteiger partial charge in [-0.05, 0) is 12.8 Å². The zero-order valence-electron chi connectivity index (χ0n) is 6.27. The molecule has 0 radical (unpaired) electrons. The highest BCUT2D eigenvalue weighted by atomic mass is 19.3. The summed E-state index contributed by atoms with van der Waals surface area (Å²) in [5, 5.41) is 0. The molecule has 0 spiro atoms. The Balaban J connectivity index is 2.56. The number of alkyl halides is 2. The highest BCUT2D eigenvalue weighted by Gasteiger charge is 2.50. The van der Waals surface area contributed by atoms with Crippen molar-refractivity contribution in [3.63, 3.8) is 0 Å². The fraction of sp³-hybridized carbons (Fsp3) is 0.857. The highest BCUT2D eigenvalue weighted by Crippen LogP contribution is 2.40. The molecule has 2 nitrogen and oxygen atoms in total. The molecule has 4 heteroatoms. The van der Waals surface area contributed by atoms with E-state index in [9.17, 15) is 13.6 Å². The summed E-state index contributed by atoms with van der Waals surface area (Å²) >= 11 is 0. The van der Waals surface area contributed by atoms with Gasteiger partial charge in [-0.3, -0.25) is 0 Å². The summed E-state index contributed by atoms with van der Waals surface area (Å²) in [6.07, 6.45) is 1.65. The van der Waals surface area contributed by atoms with Crippen molar-refractivity contribution in [2.75, 3.05) is 7.11 Å². The van der Waals surface area contributed by atoms with E-state index >= 15 is 0 Å². The van der Waals surface area contributed by atoms with Crippen LogP contribution in [0.25, 0.3) is 0 Å². The maximum absolute atomic E-state index is 12.8. The maximum Gasteiger partial charge on any atom is 0.377 e. The molecule has 1 fully saturated rings. The van der Waals surface area contributed by atoms with E-state index in [4.69, 9.17) is 0 Å². The van der Waals surface area contributed by atoms with Gasteiger partial charge in [-0.15, -0.1) is 0 Å². The van der Waals surface area contributed by atoms with E-state index in [1.54, 1.807) is 0 Å².